The highest BCUT2D eigenvalue weighted by Crippen LogP contribution is 2.31. The highest BCUT2D eigenvalue weighted by atomic mass is 32.2. The van der Waals surface area contributed by atoms with Gasteiger partial charge in [0.1, 0.15) is 5.69 Å². The van der Waals surface area contributed by atoms with Gasteiger partial charge in [-0.3, -0.25) is 14.9 Å². The largest absolute Gasteiger partial charge is 0.377 e. The van der Waals surface area contributed by atoms with Crippen molar-refractivity contribution in [2.75, 3.05) is 37.8 Å². The molecule has 1 saturated carbocycles. The van der Waals surface area contributed by atoms with Gasteiger partial charge in [0.15, 0.2) is 0 Å². The molecule has 1 N–H and O–H groups in total. The fourth-order valence-electron chi connectivity index (χ4n) is 3.00. The average Bonchev–Trinajstić information content (AvgIpc) is 3.39. The van der Waals surface area contributed by atoms with Gasteiger partial charge in [-0.2, -0.15) is 0 Å². The molecular formula is C16H22N4O5S. The number of amides is 1. The first-order valence-electron chi connectivity index (χ1n) is 8.55. The van der Waals surface area contributed by atoms with E-state index < -0.39 is 14.9 Å². The Kier molecular flexibility index (Phi) is 5.15. The van der Waals surface area contributed by atoms with E-state index in [4.69, 9.17) is 0 Å². The minimum Gasteiger partial charge on any atom is -0.377 e. The van der Waals surface area contributed by atoms with Crippen LogP contribution in [0.3, 0.4) is 0 Å². The van der Waals surface area contributed by atoms with E-state index in [1.165, 1.54) is 10.4 Å². The molecule has 0 radical (unpaired) electrons. The number of sulfonamides is 1. The molecule has 0 atom stereocenters. The first kappa shape index (κ1) is 18.6. The normalized spacial score (nSPS) is 19.0. The summed E-state index contributed by atoms with van der Waals surface area (Å²) >= 11 is 0. The Balaban J connectivity index is 1.76. The molecule has 0 unspecified atom stereocenters. The maximum absolute atomic E-state index is 12.7. The summed E-state index contributed by atoms with van der Waals surface area (Å²) in [5.41, 5.74) is 0.550. The molecule has 3 rings (SSSR count). The van der Waals surface area contributed by atoms with Crippen LogP contribution in [0.4, 0.5) is 11.4 Å². The summed E-state index contributed by atoms with van der Waals surface area (Å²) in [6.07, 6.45) is 3.66. The van der Waals surface area contributed by atoms with Gasteiger partial charge in [0.05, 0.1) is 11.2 Å². The number of anilines is 1. The van der Waals surface area contributed by atoms with Crippen LogP contribution in [0.5, 0.6) is 0 Å². The Hall–Kier alpha value is -2.20. The molecular weight excluding hydrogens is 360 g/mol. The number of carbonyl (C=O) groups excluding carboxylic acids is 1. The van der Waals surface area contributed by atoms with Gasteiger partial charge < -0.3 is 10.2 Å². The highest BCUT2D eigenvalue weighted by Gasteiger charge is 2.28. The molecule has 10 heteroatoms. The highest BCUT2D eigenvalue weighted by molar-refractivity contribution is 7.88. The van der Waals surface area contributed by atoms with Gasteiger partial charge in [-0.25, -0.2) is 12.7 Å². The SMILES string of the molecule is CS(=O)(=O)N1CCCN(C(=O)c2ccc(NC3CC3)c([N+](=O)[O-])c2)CC1. The van der Waals surface area contributed by atoms with Crippen molar-refractivity contribution in [1.29, 1.82) is 0 Å². The van der Waals surface area contributed by atoms with Gasteiger partial charge in [0, 0.05) is 43.9 Å². The lowest BCUT2D eigenvalue weighted by molar-refractivity contribution is -0.384. The molecule has 2 fully saturated rings. The van der Waals surface area contributed by atoms with Gasteiger partial charge >= 0.3 is 0 Å². The van der Waals surface area contributed by atoms with Crippen molar-refractivity contribution in [3.05, 3.63) is 33.9 Å². The van der Waals surface area contributed by atoms with E-state index in [1.807, 2.05) is 0 Å². The van der Waals surface area contributed by atoms with E-state index in [-0.39, 0.29) is 36.3 Å². The standard InChI is InChI=1S/C16H22N4O5S/c1-26(24,25)19-8-2-7-18(9-10-19)16(21)12-3-6-14(17-13-4-5-13)15(11-12)20(22)23/h3,6,11,13,17H,2,4-5,7-10H2,1H3. The second-order valence-corrected chi connectivity index (χ2v) is 8.70. The first-order chi connectivity index (χ1) is 12.3. The predicted octanol–water partition coefficient (Wildman–Crippen LogP) is 1.28. The zero-order chi connectivity index (χ0) is 18.9. The van der Waals surface area contributed by atoms with Crippen molar-refractivity contribution >= 4 is 27.3 Å². The zero-order valence-electron chi connectivity index (χ0n) is 14.6. The second-order valence-electron chi connectivity index (χ2n) is 6.72. The second kappa shape index (κ2) is 7.20. The maximum Gasteiger partial charge on any atom is 0.293 e. The van der Waals surface area contributed by atoms with Crippen LogP contribution in [0.2, 0.25) is 0 Å². The summed E-state index contributed by atoms with van der Waals surface area (Å²) in [6, 6.07) is 4.72. The number of nitrogens with one attached hydrogen (secondary N) is 1. The van der Waals surface area contributed by atoms with Crippen LogP contribution < -0.4 is 5.32 Å². The summed E-state index contributed by atoms with van der Waals surface area (Å²) in [4.78, 5) is 25.2. The van der Waals surface area contributed by atoms with Crippen LogP contribution >= 0.6 is 0 Å². The predicted molar refractivity (Wildman–Crippen MR) is 96.7 cm³/mol. The lowest BCUT2D eigenvalue weighted by atomic mass is 10.1. The lowest BCUT2D eigenvalue weighted by Gasteiger charge is -2.21. The zero-order valence-corrected chi connectivity index (χ0v) is 15.4. The Bertz CT molecular complexity index is 822. The first-order valence-corrected chi connectivity index (χ1v) is 10.4. The molecule has 1 heterocycles. The van der Waals surface area contributed by atoms with Gasteiger partial charge in [-0.05, 0) is 31.4 Å². The number of rotatable bonds is 5. The topological polar surface area (TPSA) is 113 Å². The molecule has 1 aliphatic carbocycles. The van der Waals surface area contributed by atoms with Gasteiger partial charge in [-0.1, -0.05) is 0 Å². The van der Waals surface area contributed by atoms with Gasteiger partial charge in [0.2, 0.25) is 10.0 Å². The quantitative estimate of drug-likeness (QED) is 0.606. The van der Waals surface area contributed by atoms with Crippen molar-refractivity contribution < 1.29 is 18.1 Å². The molecule has 1 saturated heterocycles. The molecule has 0 aromatic heterocycles. The van der Waals surface area contributed by atoms with Crippen LogP contribution in [-0.4, -0.2) is 66.9 Å². The van der Waals surface area contributed by atoms with Crippen LogP contribution in [-0.2, 0) is 10.0 Å². The number of benzene rings is 1. The molecule has 0 spiro atoms. The number of nitro benzene ring substituents is 1. The number of carbonyl (C=O) groups is 1. The molecule has 1 aliphatic heterocycles. The Morgan fingerprint density at radius 3 is 2.58 bits per heavy atom. The Labute approximate surface area is 152 Å². The van der Waals surface area contributed by atoms with E-state index in [0.717, 1.165) is 19.1 Å². The Morgan fingerprint density at radius 2 is 1.96 bits per heavy atom. The summed E-state index contributed by atoms with van der Waals surface area (Å²) in [5.74, 6) is -0.318. The Morgan fingerprint density at radius 1 is 1.23 bits per heavy atom. The van der Waals surface area contributed by atoms with Crippen molar-refractivity contribution in [3.8, 4) is 0 Å². The van der Waals surface area contributed by atoms with Crippen LogP contribution in [0.1, 0.15) is 29.6 Å². The molecule has 0 bridgehead atoms. The molecule has 9 nitrogen and oxygen atoms in total. The molecule has 2 aliphatic rings. The fourth-order valence-corrected chi connectivity index (χ4v) is 3.87. The van der Waals surface area contributed by atoms with Crippen molar-refractivity contribution in [1.82, 2.24) is 9.21 Å². The monoisotopic (exact) mass is 382 g/mol. The number of hydrogen-bond acceptors (Lipinski definition) is 6. The van der Waals surface area contributed by atoms with Crippen molar-refractivity contribution in [2.24, 2.45) is 0 Å². The van der Waals surface area contributed by atoms with E-state index >= 15 is 0 Å². The number of nitro groups is 1. The molecule has 1 amide bonds. The maximum atomic E-state index is 12.7. The third-order valence-electron chi connectivity index (χ3n) is 4.59. The number of hydrogen-bond donors (Lipinski definition) is 1. The molecule has 1 aromatic carbocycles. The van der Waals surface area contributed by atoms with E-state index in [0.29, 0.717) is 25.2 Å². The summed E-state index contributed by atoms with van der Waals surface area (Å²) < 4.78 is 24.7. The minimum absolute atomic E-state index is 0.115. The average molecular weight is 382 g/mol. The van der Waals surface area contributed by atoms with E-state index in [2.05, 4.69) is 5.32 Å². The third kappa shape index (κ3) is 4.31. The van der Waals surface area contributed by atoms with Crippen LogP contribution in [0.25, 0.3) is 0 Å². The molecule has 142 valence electrons. The third-order valence-corrected chi connectivity index (χ3v) is 5.89. The summed E-state index contributed by atoms with van der Waals surface area (Å²) in [6.45, 7) is 1.28. The van der Waals surface area contributed by atoms with Crippen molar-refractivity contribution in [3.63, 3.8) is 0 Å². The smallest absolute Gasteiger partial charge is 0.293 e. The van der Waals surface area contributed by atoms with Gasteiger partial charge in [-0.15, -0.1) is 0 Å². The molecule has 26 heavy (non-hydrogen) atoms. The van der Waals surface area contributed by atoms with Crippen LogP contribution in [0.15, 0.2) is 18.2 Å². The van der Waals surface area contributed by atoms with E-state index in [9.17, 15) is 23.3 Å². The summed E-state index contributed by atoms with van der Waals surface area (Å²) in [5, 5.41) is 14.5. The summed E-state index contributed by atoms with van der Waals surface area (Å²) in [7, 11) is -3.29. The van der Waals surface area contributed by atoms with Crippen LogP contribution in [0, 0.1) is 10.1 Å². The molecule has 1 aromatic rings. The minimum atomic E-state index is -3.29. The number of nitrogens with zero attached hydrogens (tertiary/aromatic N) is 3. The lowest BCUT2D eigenvalue weighted by Crippen LogP contribution is -2.37. The van der Waals surface area contributed by atoms with Crippen molar-refractivity contribution in [2.45, 2.75) is 25.3 Å². The fraction of sp³-hybridized carbons (Fsp3) is 0.562. The van der Waals surface area contributed by atoms with E-state index in [1.54, 1.807) is 17.0 Å². The van der Waals surface area contributed by atoms with Gasteiger partial charge in [0.25, 0.3) is 11.6 Å².